The van der Waals surface area contributed by atoms with Crippen molar-refractivity contribution in [3.8, 4) is 0 Å². The molecule has 1 saturated heterocycles. The van der Waals surface area contributed by atoms with Gasteiger partial charge in [-0.15, -0.1) is 0 Å². The molecule has 1 heterocycles. The Bertz CT molecular complexity index is 130. The Morgan fingerprint density at radius 2 is 2.56 bits per heavy atom. The van der Waals surface area contributed by atoms with Gasteiger partial charge in [0, 0.05) is 0 Å². The molecule has 1 N–H and O–H groups in total. The zero-order chi connectivity index (χ0) is 6.69. The lowest BCUT2D eigenvalue weighted by Crippen LogP contribution is -2.24. The largest absolute Gasteiger partial charge is 0.365 e. The number of rotatable bonds is 4. The molecule has 0 aromatic rings. The van der Waals surface area contributed by atoms with Crippen molar-refractivity contribution < 1.29 is 14.3 Å². The summed E-state index contributed by atoms with van der Waals surface area (Å²) in [7, 11) is 0. The van der Waals surface area contributed by atoms with E-state index < -0.39 is 0 Å². The molecule has 1 aliphatic heterocycles. The fourth-order valence-corrected chi connectivity index (χ4v) is 0.490. The summed E-state index contributed by atoms with van der Waals surface area (Å²) in [6.07, 6.45) is 0.262. The Morgan fingerprint density at radius 1 is 1.89 bits per heavy atom. The third-order valence-corrected chi connectivity index (χ3v) is 1.05. The van der Waals surface area contributed by atoms with Crippen LogP contribution in [-0.4, -0.2) is 31.4 Å². The van der Waals surface area contributed by atoms with Crippen molar-refractivity contribution in [2.45, 2.75) is 6.10 Å². The van der Waals surface area contributed by atoms with Gasteiger partial charge in [0.1, 0.15) is 6.10 Å². The maximum Gasteiger partial charge on any atom is 0.207 e. The van der Waals surface area contributed by atoms with E-state index in [-0.39, 0.29) is 18.4 Å². The molecule has 0 aliphatic carbocycles. The van der Waals surface area contributed by atoms with E-state index in [9.17, 15) is 9.59 Å². The number of ether oxygens (including phenoxy) is 1. The van der Waals surface area contributed by atoms with Gasteiger partial charge in [-0.05, 0) is 0 Å². The second-order valence-corrected chi connectivity index (χ2v) is 1.79. The van der Waals surface area contributed by atoms with E-state index in [0.29, 0.717) is 13.0 Å². The van der Waals surface area contributed by atoms with Crippen molar-refractivity contribution in [1.29, 1.82) is 0 Å². The third kappa shape index (κ3) is 1.81. The fourth-order valence-electron chi connectivity index (χ4n) is 0.490. The number of carbonyl (C=O) groups is 2. The van der Waals surface area contributed by atoms with Crippen LogP contribution in [0, 0.1) is 0 Å². The second-order valence-electron chi connectivity index (χ2n) is 1.79. The highest BCUT2D eigenvalue weighted by atomic mass is 16.6. The summed E-state index contributed by atoms with van der Waals surface area (Å²) in [6, 6.07) is 0. The van der Waals surface area contributed by atoms with E-state index >= 15 is 0 Å². The molecule has 1 unspecified atom stereocenters. The lowest BCUT2D eigenvalue weighted by Gasteiger charge is -1.91. The lowest BCUT2D eigenvalue weighted by atomic mass is 10.3. The molecule has 0 radical (unpaired) electrons. The maximum absolute atomic E-state index is 10.6. The number of epoxide rings is 1. The van der Waals surface area contributed by atoms with Gasteiger partial charge in [-0.2, -0.15) is 0 Å². The average molecular weight is 129 g/mol. The molecule has 1 fully saturated rings. The van der Waals surface area contributed by atoms with E-state index in [1.54, 1.807) is 0 Å². The number of hydrogen-bond donors (Lipinski definition) is 1. The number of amides is 1. The van der Waals surface area contributed by atoms with Crippen LogP contribution in [0.5, 0.6) is 0 Å². The molecule has 1 aliphatic rings. The van der Waals surface area contributed by atoms with Crippen LogP contribution in [0.4, 0.5) is 0 Å². The third-order valence-electron chi connectivity index (χ3n) is 1.05. The van der Waals surface area contributed by atoms with Crippen molar-refractivity contribution in [1.82, 2.24) is 5.32 Å². The Labute approximate surface area is 52.2 Å². The predicted molar refractivity (Wildman–Crippen MR) is 28.8 cm³/mol. The highest BCUT2D eigenvalue weighted by Gasteiger charge is 2.30. The standard InChI is InChI=1S/C5H7NO3/c7-3-6-1-4(8)5-2-9-5/h3,5H,1-2H2,(H,6,7). The first-order valence-electron chi connectivity index (χ1n) is 2.66. The van der Waals surface area contributed by atoms with Crippen LogP contribution in [0.15, 0.2) is 0 Å². The summed E-state index contributed by atoms with van der Waals surface area (Å²) >= 11 is 0. The SMILES string of the molecule is O=CNCC(=O)C1CO1. The number of hydrogen-bond acceptors (Lipinski definition) is 3. The molecule has 0 spiro atoms. The van der Waals surface area contributed by atoms with Crippen LogP contribution in [0.25, 0.3) is 0 Å². The van der Waals surface area contributed by atoms with Crippen molar-refractivity contribution in [3.05, 3.63) is 0 Å². The van der Waals surface area contributed by atoms with Crippen LogP contribution in [0.3, 0.4) is 0 Å². The Kier molecular flexibility index (Phi) is 1.79. The Hall–Kier alpha value is -0.900. The normalized spacial score (nSPS) is 22.9. The quantitative estimate of drug-likeness (QED) is 0.379. The van der Waals surface area contributed by atoms with E-state index in [2.05, 4.69) is 10.1 Å². The molecule has 1 atom stereocenters. The number of carbonyl (C=O) groups excluding carboxylic acids is 2. The van der Waals surface area contributed by atoms with Crippen LogP contribution in [0.2, 0.25) is 0 Å². The molecular weight excluding hydrogens is 122 g/mol. The molecule has 0 aromatic heterocycles. The topological polar surface area (TPSA) is 58.7 Å². The molecule has 4 heteroatoms. The van der Waals surface area contributed by atoms with Gasteiger partial charge >= 0.3 is 0 Å². The van der Waals surface area contributed by atoms with Crippen LogP contribution in [-0.2, 0) is 14.3 Å². The summed E-state index contributed by atoms with van der Waals surface area (Å²) < 4.78 is 4.66. The van der Waals surface area contributed by atoms with E-state index in [1.807, 2.05) is 0 Å². The van der Waals surface area contributed by atoms with E-state index in [1.165, 1.54) is 0 Å². The van der Waals surface area contributed by atoms with Gasteiger partial charge in [0.2, 0.25) is 6.41 Å². The molecule has 1 rings (SSSR count). The van der Waals surface area contributed by atoms with E-state index in [0.717, 1.165) is 0 Å². The monoisotopic (exact) mass is 129 g/mol. The van der Waals surface area contributed by atoms with Crippen LogP contribution < -0.4 is 5.32 Å². The zero-order valence-electron chi connectivity index (χ0n) is 4.79. The number of nitrogens with one attached hydrogen (secondary N) is 1. The minimum absolute atomic E-state index is 0.0536. The van der Waals surface area contributed by atoms with Crippen LogP contribution >= 0.6 is 0 Å². The van der Waals surface area contributed by atoms with Crippen molar-refractivity contribution in [2.75, 3.05) is 13.2 Å². The lowest BCUT2D eigenvalue weighted by molar-refractivity contribution is -0.121. The smallest absolute Gasteiger partial charge is 0.207 e. The average Bonchev–Trinajstić information content (AvgIpc) is 2.63. The summed E-state index contributed by atoms with van der Waals surface area (Å²) in [5.41, 5.74) is 0. The van der Waals surface area contributed by atoms with Crippen molar-refractivity contribution in [3.63, 3.8) is 0 Å². The first-order valence-corrected chi connectivity index (χ1v) is 2.66. The Morgan fingerprint density at radius 3 is 3.00 bits per heavy atom. The van der Waals surface area contributed by atoms with Crippen molar-refractivity contribution >= 4 is 12.2 Å². The van der Waals surface area contributed by atoms with E-state index in [4.69, 9.17) is 0 Å². The highest BCUT2D eigenvalue weighted by molar-refractivity contribution is 5.87. The molecular formula is C5H7NO3. The summed E-state index contributed by atoms with van der Waals surface area (Å²) in [5.74, 6) is -0.0536. The summed E-state index contributed by atoms with van der Waals surface area (Å²) in [6.45, 7) is 0.605. The second kappa shape index (κ2) is 2.59. The van der Waals surface area contributed by atoms with Gasteiger partial charge in [0.25, 0.3) is 0 Å². The van der Waals surface area contributed by atoms with Gasteiger partial charge in [0.15, 0.2) is 5.78 Å². The number of ketones is 1. The first kappa shape index (κ1) is 6.22. The number of Topliss-reactive ketones (excluding diaryl/α,β-unsaturated/α-hetero) is 1. The fraction of sp³-hybridized carbons (Fsp3) is 0.600. The Balaban J connectivity index is 2.10. The summed E-state index contributed by atoms with van der Waals surface area (Å²) in [5, 5.41) is 2.26. The minimum atomic E-state index is -0.238. The molecule has 50 valence electrons. The maximum atomic E-state index is 10.6. The zero-order valence-corrected chi connectivity index (χ0v) is 4.79. The molecule has 0 bridgehead atoms. The van der Waals surface area contributed by atoms with Gasteiger partial charge in [-0.1, -0.05) is 0 Å². The van der Waals surface area contributed by atoms with Gasteiger partial charge in [-0.3, -0.25) is 9.59 Å². The molecule has 0 saturated carbocycles. The molecule has 9 heavy (non-hydrogen) atoms. The molecule has 0 aromatic carbocycles. The van der Waals surface area contributed by atoms with Gasteiger partial charge < -0.3 is 10.1 Å². The summed E-state index contributed by atoms with van der Waals surface area (Å²) in [4.78, 5) is 20.3. The minimum Gasteiger partial charge on any atom is -0.365 e. The van der Waals surface area contributed by atoms with Gasteiger partial charge in [0.05, 0.1) is 13.2 Å². The van der Waals surface area contributed by atoms with Gasteiger partial charge in [-0.25, -0.2) is 0 Å². The first-order chi connectivity index (χ1) is 4.34. The predicted octanol–water partition coefficient (Wildman–Crippen LogP) is -1.30. The molecule has 4 nitrogen and oxygen atoms in total. The molecule has 1 amide bonds. The highest BCUT2D eigenvalue weighted by Crippen LogP contribution is 2.08. The van der Waals surface area contributed by atoms with Crippen molar-refractivity contribution in [2.24, 2.45) is 0 Å². The van der Waals surface area contributed by atoms with Crippen LogP contribution in [0.1, 0.15) is 0 Å².